The van der Waals surface area contributed by atoms with Gasteiger partial charge in [-0.2, -0.15) is 13.2 Å². The Morgan fingerprint density at radius 2 is 1.80 bits per heavy atom. The third-order valence-corrected chi connectivity index (χ3v) is 11.4. The van der Waals surface area contributed by atoms with E-state index in [1.165, 1.54) is 36.4 Å². The lowest BCUT2D eigenvalue weighted by Crippen LogP contribution is -2.52. The number of carbonyl (C=O) groups is 3. The van der Waals surface area contributed by atoms with Crippen molar-refractivity contribution in [1.29, 1.82) is 0 Å². The Balaban J connectivity index is 1.63. The Hall–Kier alpha value is -4.07. The van der Waals surface area contributed by atoms with E-state index in [0.29, 0.717) is 15.3 Å². The predicted octanol–water partition coefficient (Wildman–Crippen LogP) is 5.70. The number of hydrogen-bond acceptors (Lipinski definition) is 11. The summed E-state index contributed by atoms with van der Waals surface area (Å²) in [4.78, 5) is 48.6. The number of piperidine rings is 1. The van der Waals surface area contributed by atoms with Gasteiger partial charge in [-0.25, -0.2) is 22.3 Å². The molecule has 2 aromatic carbocycles. The number of methoxy groups -OCH3 is 1. The van der Waals surface area contributed by atoms with E-state index in [1.54, 1.807) is 13.0 Å². The number of halogens is 4. The first-order valence-electron chi connectivity index (χ1n) is 14.5. The van der Waals surface area contributed by atoms with Crippen LogP contribution in [-0.4, -0.2) is 81.1 Å². The summed E-state index contributed by atoms with van der Waals surface area (Å²) in [7, 11) is -2.86. The van der Waals surface area contributed by atoms with Crippen molar-refractivity contribution in [3.05, 3.63) is 73.6 Å². The summed E-state index contributed by atoms with van der Waals surface area (Å²) in [6, 6.07) is 9.68. The van der Waals surface area contributed by atoms with Crippen LogP contribution in [0.2, 0.25) is 0 Å². The second kappa shape index (κ2) is 15.6. The lowest BCUT2D eigenvalue weighted by molar-refractivity contribution is -0.384. The highest BCUT2D eigenvalue weighted by Crippen LogP contribution is 2.47. The van der Waals surface area contributed by atoms with E-state index in [1.807, 2.05) is 0 Å². The molecule has 3 aromatic rings. The number of carbonyl (C=O) groups excluding carboxylic acids is 3. The maximum Gasteiger partial charge on any atom is 0.471 e. The first-order chi connectivity index (χ1) is 23.1. The number of nitrogens with zero attached hydrogens (tertiary/aromatic N) is 3. The van der Waals surface area contributed by atoms with E-state index in [4.69, 9.17) is 9.47 Å². The number of anilines is 1. The molecule has 13 nitrogen and oxygen atoms in total. The monoisotopic (exact) mass is 791 g/mol. The Morgan fingerprint density at radius 3 is 2.41 bits per heavy atom. The van der Waals surface area contributed by atoms with E-state index >= 15 is 0 Å². The minimum Gasteiger partial charge on any atom is -0.479 e. The fourth-order valence-electron chi connectivity index (χ4n) is 5.10. The number of nitro groups is 1. The van der Waals surface area contributed by atoms with Crippen LogP contribution in [0, 0.1) is 10.1 Å². The van der Waals surface area contributed by atoms with Gasteiger partial charge in [0.2, 0.25) is 10.0 Å². The van der Waals surface area contributed by atoms with E-state index in [-0.39, 0.29) is 64.6 Å². The number of benzene rings is 2. The van der Waals surface area contributed by atoms with Gasteiger partial charge in [0.1, 0.15) is 0 Å². The summed E-state index contributed by atoms with van der Waals surface area (Å²) in [6.07, 6.45) is -5.54. The Labute approximate surface area is 290 Å². The number of ether oxygens (including phenoxy) is 3. The molecule has 0 atom stereocenters. The molecule has 1 aliphatic heterocycles. The average Bonchev–Trinajstić information content (AvgIpc) is 3.39. The van der Waals surface area contributed by atoms with Crippen LogP contribution in [0.15, 0.2) is 53.0 Å². The maximum atomic E-state index is 14.0. The highest BCUT2D eigenvalue weighted by Gasteiger charge is 2.46. The molecule has 49 heavy (non-hydrogen) atoms. The lowest BCUT2D eigenvalue weighted by atomic mass is 10.0. The second-order valence-corrected chi connectivity index (χ2v) is 14.3. The molecule has 0 spiro atoms. The molecule has 0 bridgehead atoms. The van der Waals surface area contributed by atoms with Crippen molar-refractivity contribution in [2.75, 3.05) is 38.3 Å². The Morgan fingerprint density at radius 1 is 1.12 bits per heavy atom. The van der Waals surface area contributed by atoms with Gasteiger partial charge in [0.25, 0.3) is 5.69 Å². The van der Waals surface area contributed by atoms with Crippen LogP contribution in [0.3, 0.4) is 0 Å². The van der Waals surface area contributed by atoms with Crippen LogP contribution in [0.5, 0.6) is 5.75 Å². The maximum absolute atomic E-state index is 14.0. The summed E-state index contributed by atoms with van der Waals surface area (Å²) in [5, 5.41) is 11.1. The standard InChI is InChI=1S/C30H29BrF3N3O10S2/c1-3-46-28(39)27-25(47-16-23(38)45-2)24(31)26(48-27)19-7-5-8-21(15-19)36(29(40)30(32,33)34)20-10-12-35(13-11-20)49(43,44)17-18-6-4-9-22(14-18)37(41)42/h4-9,14-15,20H,3,10-13,16-17H2,1-2H3. The van der Waals surface area contributed by atoms with Gasteiger partial charge in [0.05, 0.1) is 33.7 Å². The predicted molar refractivity (Wildman–Crippen MR) is 175 cm³/mol. The molecule has 0 aliphatic carbocycles. The number of nitro benzene ring substituents is 1. The molecule has 0 N–H and O–H groups in total. The first-order valence-corrected chi connectivity index (χ1v) is 17.7. The van der Waals surface area contributed by atoms with Gasteiger partial charge in [-0.15, -0.1) is 11.3 Å². The second-order valence-electron chi connectivity index (χ2n) is 10.5. The molecule has 1 amide bonds. The minimum atomic E-state index is -5.27. The molecule has 1 aliphatic rings. The first kappa shape index (κ1) is 37.7. The molecule has 1 aromatic heterocycles. The van der Waals surface area contributed by atoms with Crippen LogP contribution in [0.25, 0.3) is 10.4 Å². The molecule has 1 fully saturated rings. The molecule has 0 radical (unpaired) electrons. The van der Waals surface area contributed by atoms with Crippen LogP contribution in [-0.2, 0) is 34.8 Å². The highest BCUT2D eigenvalue weighted by atomic mass is 79.9. The summed E-state index contributed by atoms with van der Waals surface area (Å²) in [5.74, 6) is -4.25. The number of sulfonamides is 1. The smallest absolute Gasteiger partial charge is 0.471 e. The summed E-state index contributed by atoms with van der Waals surface area (Å²) >= 11 is 4.25. The number of thiophene rings is 1. The number of alkyl halides is 3. The zero-order valence-corrected chi connectivity index (χ0v) is 29.1. The molecule has 264 valence electrons. The van der Waals surface area contributed by atoms with Crippen LogP contribution in [0.4, 0.5) is 24.5 Å². The number of amides is 1. The van der Waals surface area contributed by atoms with Crippen molar-refractivity contribution >= 4 is 66.5 Å². The van der Waals surface area contributed by atoms with Crippen LogP contribution in [0.1, 0.15) is 35.0 Å². The third-order valence-electron chi connectivity index (χ3n) is 7.33. The van der Waals surface area contributed by atoms with Crippen molar-refractivity contribution in [1.82, 2.24) is 4.31 Å². The number of esters is 2. The van der Waals surface area contributed by atoms with Gasteiger partial charge in [0.15, 0.2) is 17.2 Å². The average molecular weight is 793 g/mol. The van der Waals surface area contributed by atoms with Crippen molar-refractivity contribution in [3.8, 4) is 16.2 Å². The van der Waals surface area contributed by atoms with E-state index in [2.05, 4.69) is 20.7 Å². The fraction of sp³-hybridized carbons (Fsp3) is 0.367. The highest BCUT2D eigenvalue weighted by molar-refractivity contribution is 9.10. The van der Waals surface area contributed by atoms with Gasteiger partial charge in [-0.1, -0.05) is 24.3 Å². The third kappa shape index (κ3) is 8.94. The molecular weight excluding hydrogens is 763 g/mol. The van der Waals surface area contributed by atoms with E-state index in [9.17, 15) is 46.1 Å². The fourth-order valence-corrected chi connectivity index (χ4v) is 8.59. The van der Waals surface area contributed by atoms with Crippen molar-refractivity contribution in [3.63, 3.8) is 0 Å². The van der Waals surface area contributed by atoms with E-state index in [0.717, 1.165) is 28.8 Å². The topological polar surface area (TPSA) is 163 Å². The van der Waals surface area contributed by atoms with Gasteiger partial charge >= 0.3 is 24.0 Å². The van der Waals surface area contributed by atoms with Gasteiger partial charge in [-0.3, -0.25) is 14.9 Å². The Kier molecular flexibility index (Phi) is 12.1. The number of non-ortho nitro benzene ring substituents is 1. The molecule has 4 rings (SSSR count). The Bertz CT molecular complexity index is 1840. The quantitative estimate of drug-likeness (QED) is 0.126. The zero-order valence-electron chi connectivity index (χ0n) is 25.9. The molecule has 0 saturated carbocycles. The minimum absolute atomic E-state index is 0.0268. The van der Waals surface area contributed by atoms with Gasteiger partial charge in [0, 0.05) is 37.0 Å². The summed E-state index contributed by atoms with van der Waals surface area (Å²) in [6.45, 7) is 0.653. The van der Waals surface area contributed by atoms with E-state index < -0.39 is 57.4 Å². The molecule has 19 heteroatoms. The molecule has 2 heterocycles. The number of rotatable bonds is 12. The number of hydrogen-bond donors (Lipinski definition) is 0. The van der Waals surface area contributed by atoms with Crippen LogP contribution >= 0.6 is 27.3 Å². The van der Waals surface area contributed by atoms with Crippen LogP contribution < -0.4 is 9.64 Å². The van der Waals surface area contributed by atoms with Gasteiger partial charge < -0.3 is 19.1 Å². The lowest BCUT2D eigenvalue weighted by Gasteiger charge is -2.38. The van der Waals surface area contributed by atoms with Crippen molar-refractivity contribution in [2.24, 2.45) is 0 Å². The zero-order chi connectivity index (χ0) is 36.1. The largest absolute Gasteiger partial charge is 0.479 e. The normalized spacial score (nSPS) is 14.2. The molecular formula is C30H29BrF3N3O10S2. The van der Waals surface area contributed by atoms with Crippen molar-refractivity contribution in [2.45, 2.75) is 37.7 Å². The SMILES string of the molecule is CCOC(=O)c1sc(-c2cccc(N(C(=O)C(F)(F)F)C3CCN(S(=O)(=O)Cc4cccc([N+](=O)[O-])c4)CC3)c2)c(Br)c1OCC(=O)OC. The molecule has 0 unspecified atom stereocenters. The summed E-state index contributed by atoms with van der Waals surface area (Å²) < 4.78 is 84.7. The summed E-state index contributed by atoms with van der Waals surface area (Å²) in [5.41, 5.74) is 0.0517. The van der Waals surface area contributed by atoms with Gasteiger partial charge in [-0.05, 0) is 59.0 Å². The molecule has 1 saturated heterocycles. The van der Waals surface area contributed by atoms with Crippen molar-refractivity contribution < 1.29 is 55.1 Å².